The van der Waals surface area contributed by atoms with Gasteiger partial charge in [-0.3, -0.25) is 9.78 Å². The fourth-order valence-corrected chi connectivity index (χ4v) is 3.77. The zero-order valence-corrected chi connectivity index (χ0v) is 15.3. The molecular formula is C17H18F3N3O3S. The molecule has 0 fully saturated rings. The van der Waals surface area contributed by atoms with Crippen LogP contribution in [0.2, 0.25) is 0 Å². The molecule has 0 saturated carbocycles. The SMILES string of the molecule is CC(NC(=O)[C@H](C)NS(=O)(=O)c1ccccc1C(F)(F)F)c1cccnc1. The number of rotatable bonds is 6. The highest BCUT2D eigenvalue weighted by molar-refractivity contribution is 7.89. The van der Waals surface area contributed by atoms with Crippen LogP contribution >= 0.6 is 0 Å². The van der Waals surface area contributed by atoms with Crippen LogP contribution in [-0.2, 0) is 21.0 Å². The summed E-state index contributed by atoms with van der Waals surface area (Å²) in [7, 11) is -4.56. The van der Waals surface area contributed by atoms with Gasteiger partial charge in [0.1, 0.15) is 0 Å². The van der Waals surface area contributed by atoms with Gasteiger partial charge in [0.15, 0.2) is 0 Å². The second-order valence-corrected chi connectivity index (χ2v) is 7.54. The van der Waals surface area contributed by atoms with Crippen LogP contribution < -0.4 is 10.0 Å². The van der Waals surface area contributed by atoms with Crippen LogP contribution in [0.25, 0.3) is 0 Å². The first kappa shape index (κ1) is 20.8. The highest BCUT2D eigenvalue weighted by atomic mass is 32.2. The van der Waals surface area contributed by atoms with E-state index >= 15 is 0 Å². The largest absolute Gasteiger partial charge is 0.417 e. The zero-order chi connectivity index (χ0) is 20.2. The van der Waals surface area contributed by atoms with E-state index in [0.717, 1.165) is 12.1 Å². The molecule has 6 nitrogen and oxygen atoms in total. The number of nitrogens with one attached hydrogen (secondary N) is 2. The molecule has 1 heterocycles. The third kappa shape index (κ3) is 5.27. The van der Waals surface area contributed by atoms with Crippen molar-refractivity contribution in [3.63, 3.8) is 0 Å². The fraction of sp³-hybridized carbons (Fsp3) is 0.294. The molecular weight excluding hydrogens is 383 g/mol. The normalized spacial score (nSPS) is 14.4. The summed E-state index contributed by atoms with van der Waals surface area (Å²) in [4.78, 5) is 15.2. The molecule has 2 atom stereocenters. The van der Waals surface area contributed by atoms with Gasteiger partial charge in [0, 0.05) is 12.4 Å². The molecule has 1 aromatic heterocycles. The molecule has 2 rings (SSSR count). The minimum atomic E-state index is -4.84. The number of aromatic nitrogens is 1. The Kier molecular flexibility index (Phi) is 6.22. The van der Waals surface area contributed by atoms with E-state index in [9.17, 15) is 26.4 Å². The highest BCUT2D eigenvalue weighted by Gasteiger charge is 2.37. The number of alkyl halides is 3. The van der Waals surface area contributed by atoms with Gasteiger partial charge in [-0.1, -0.05) is 18.2 Å². The summed E-state index contributed by atoms with van der Waals surface area (Å²) in [6.45, 7) is 2.92. The van der Waals surface area contributed by atoms with Crippen molar-refractivity contribution in [1.29, 1.82) is 0 Å². The Morgan fingerprint density at radius 2 is 1.78 bits per heavy atom. The van der Waals surface area contributed by atoms with E-state index < -0.39 is 44.6 Å². The summed E-state index contributed by atoms with van der Waals surface area (Å²) in [5.41, 5.74) is -0.600. The number of amides is 1. The number of benzene rings is 1. The summed E-state index contributed by atoms with van der Waals surface area (Å²) < 4.78 is 65.9. The number of nitrogens with zero attached hydrogens (tertiary/aromatic N) is 1. The third-order valence-corrected chi connectivity index (χ3v) is 5.35. The predicted molar refractivity (Wildman–Crippen MR) is 92.0 cm³/mol. The Hall–Kier alpha value is -2.46. The molecule has 0 aliphatic rings. The lowest BCUT2D eigenvalue weighted by molar-refractivity contribution is -0.139. The van der Waals surface area contributed by atoms with Gasteiger partial charge in [0.2, 0.25) is 15.9 Å². The average molecular weight is 401 g/mol. The highest BCUT2D eigenvalue weighted by Crippen LogP contribution is 2.33. The van der Waals surface area contributed by atoms with Crippen molar-refractivity contribution in [2.45, 2.75) is 37.0 Å². The standard InChI is InChI=1S/C17H18F3N3O3S/c1-11(13-6-5-9-21-10-13)22-16(24)12(2)23-27(25,26)15-8-4-3-7-14(15)17(18,19)20/h3-12,23H,1-2H3,(H,22,24)/t11?,12-/m0/s1. The number of carbonyl (C=O) groups is 1. The summed E-state index contributed by atoms with van der Waals surface area (Å²) in [6, 6.07) is 5.45. The maximum atomic E-state index is 13.1. The Morgan fingerprint density at radius 3 is 2.37 bits per heavy atom. The monoisotopic (exact) mass is 401 g/mol. The number of sulfonamides is 1. The fourth-order valence-electron chi connectivity index (χ4n) is 2.34. The van der Waals surface area contributed by atoms with Crippen molar-refractivity contribution in [3.05, 3.63) is 59.9 Å². The van der Waals surface area contributed by atoms with Crippen molar-refractivity contribution < 1.29 is 26.4 Å². The van der Waals surface area contributed by atoms with Gasteiger partial charge >= 0.3 is 6.18 Å². The number of hydrogen-bond acceptors (Lipinski definition) is 4. The molecule has 0 bridgehead atoms. The third-order valence-electron chi connectivity index (χ3n) is 3.75. The van der Waals surface area contributed by atoms with Gasteiger partial charge in [0.05, 0.1) is 22.5 Å². The molecule has 0 spiro atoms. The van der Waals surface area contributed by atoms with E-state index in [2.05, 4.69) is 10.3 Å². The van der Waals surface area contributed by atoms with Gasteiger partial charge in [-0.25, -0.2) is 8.42 Å². The van der Waals surface area contributed by atoms with E-state index in [-0.39, 0.29) is 0 Å². The first-order valence-electron chi connectivity index (χ1n) is 7.91. The van der Waals surface area contributed by atoms with Gasteiger partial charge in [-0.05, 0) is 37.6 Å². The van der Waals surface area contributed by atoms with Crippen LogP contribution in [-0.4, -0.2) is 25.4 Å². The lowest BCUT2D eigenvalue weighted by atomic mass is 10.1. The number of pyridine rings is 1. The average Bonchev–Trinajstić information content (AvgIpc) is 2.61. The Bertz CT molecular complexity index is 902. The van der Waals surface area contributed by atoms with E-state index in [1.54, 1.807) is 31.5 Å². The molecule has 0 saturated heterocycles. The summed E-state index contributed by atoms with van der Waals surface area (Å²) in [5, 5.41) is 2.59. The minimum Gasteiger partial charge on any atom is -0.348 e. The Labute approximate surface area is 154 Å². The van der Waals surface area contributed by atoms with E-state index in [0.29, 0.717) is 11.6 Å². The van der Waals surface area contributed by atoms with Crippen LogP contribution in [0.1, 0.15) is 31.0 Å². The number of carbonyl (C=O) groups excluding carboxylic acids is 1. The molecule has 27 heavy (non-hydrogen) atoms. The second-order valence-electron chi connectivity index (χ2n) is 5.85. The van der Waals surface area contributed by atoms with Crippen LogP contribution in [0.15, 0.2) is 53.7 Å². The first-order valence-corrected chi connectivity index (χ1v) is 9.39. The topological polar surface area (TPSA) is 88.2 Å². The number of hydrogen-bond donors (Lipinski definition) is 2. The summed E-state index contributed by atoms with van der Waals surface area (Å²) in [5.74, 6) is -0.681. The van der Waals surface area contributed by atoms with E-state index in [1.807, 2.05) is 4.72 Å². The van der Waals surface area contributed by atoms with Gasteiger partial charge in [-0.2, -0.15) is 17.9 Å². The summed E-state index contributed by atoms with van der Waals surface area (Å²) >= 11 is 0. The van der Waals surface area contributed by atoms with Gasteiger partial charge in [0.25, 0.3) is 0 Å². The Balaban J connectivity index is 2.15. The van der Waals surface area contributed by atoms with Crippen molar-refractivity contribution in [3.8, 4) is 0 Å². The number of halogens is 3. The van der Waals surface area contributed by atoms with Crippen molar-refractivity contribution in [2.24, 2.45) is 0 Å². The molecule has 10 heteroatoms. The van der Waals surface area contributed by atoms with Crippen LogP contribution in [0.4, 0.5) is 13.2 Å². The molecule has 2 N–H and O–H groups in total. The van der Waals surface area contributed by atoms with Gasteiger partial charge < -0.3 is 5.32 Å². The van der Waals surface area contributed by atoms with Crippen molar-refractivity contribution in [1.82, 2.24) is 15.0 Å². The van der Waals surface area contributed by atoms with Crippen LogP contribution in [0, 0.1) is 0 Å². The molecule has 2 aromatic rings. The molecule has 1 amide bonds. The van der Waals surface area contributed by atoms with Crippen molar-refractivity contribution >= 4 is 15.9 Å². The van der Waals surface area contributed by atoms with E-state index in [4.69, 9.17) is 0 Å². The van der Waals surface area contributed by atoms with Gasteiger partial charge in [-0.15, -0.1) is 0 Å². The molecule has 0 radical (unpaired) electrons. The predicted octanol–water partition coefficient (Wildman–Crippen LogP) is 2.64. The quantitative estimate of drug-likeness (QED) is 0.779. The molecule has 0 aliphatic carbocycles. The minimum absolute atomic E-state index is 0.458. The lowest BCUT2D eigenvalue weighted by Gasteiger charge is -2.20. The maximum Gasteiger partial charge on any atom is 0.417 e. The van der Waals surface area contributed by atoms with Crippen LogP contribution in [0.3, 0.4) is 0 Å². The Morgan fingerprint density at radius 1 is 1.11 bits per heavy atom. The maximum absolute atomic E-state index is 13.1. The smallest absolute Gasteiger partial charge is 0.348 e. The molecule has 0 aliphatic heterocycles. The van der Waals surface area contributed by atoms with E-state index in [1.165, 1.54) is 13.0 Å². The molecule has 1 unspecified atom stereocenters. The molecule has 146 valence electrons. The summed E-state index contributed by atoms with van der Waals surface area (Å²) in [6.07, 6.45) is -1.74. The zero-order valence-electron chi connectivity index (χ0n) is 14.5. The molecule has 1 aromatic carbocycles. The van der Waals surface area contributed by atoms with Crippen molar-refractivity contribution in [2.75, 3.05) is 0 Å². The van der Waals surface area contributed by atoms with Crippen LogP contribution in [0.5, 0.6) is 0 Å². The lowest BCUT2D eigenvalue weighted by Crippen LogP contribution is -2.45. The first-order chi connectivity index (χ1) is 12.5. The second kappa shape index (κ2) is 8.05.